The molecule has 9 heteroatoms. The summed E-state index contributed by atoms with van der Waals surface area (Å²) in [5, 5.41) is 8.07. The van der Waals surface area contributed by atoms with E-state index < -0.39 is 11.4 Å². The van der Waals surface area contributed by atoms with E-state index in [1.165, 1.54) is 22.7 Å². The van der Waals surface area contributed by atoms with Gasteiger partial charge in [0.05, 0.1) is 17.1 Å². The molecule has 1 N–H and O–H groups in total. The van der Waals surface area contributed by atoms with Gasteiger partial charge in [-0.3, -0.25) is 14.3 Å². The average molecular weight is 434 g/mol. The Balaban J connectivity index is 1.56. The van der Waals surface area contributed by atoms with Gasteiger partial charge in [-0.15, -0.1) is 22.7 Å². The van der Waals surface area contributed by atoms with E-state index in [-0.39, 0.29) is 18.3 Å². The van der Waals surface area contributed by atoms with E-state index in [0.29, 0.717) is 16.3 Å². The van der Waals surface area contributed by atoms with Crippen LogP contribution in [0.5, 0.6) is 0 Å². The maximum Gasteiger partial charge on any atom is 0.348 e. The summed E-state index contributed by atoms with van der Waals surface area (Å²) in [5.41, 5.74) is 0.379. The molecule has 0 atom stereocenters. The normalized spacial score (nSPS) is 11.6. The van der Waals surface area contributed by atoms with Crippen molar-refractivity contribution in [1.29, 1.82) is 0 Å². The topological polar surface area (TPSA) is 90.3 Å². The SMILES string of the molecule is Cc1nn(C)c2sc(C(=O)OCC(=O)c3ccc(CNC(=O)C(C)(C)C)s3)cc12. The number of esters is 1. The zero-order valence-corrected chi connectivity index (χ0v) is 18.6. The number of aromatic nitrogens is 2. The largest absolute Gasteiger partial charge is 0.453 e. The molecule has 0 aliphatic carbocycles. The smallest absolute Gasteiger partial charge is 0.348 e. The molecule has 0 unspecified atom stereocenters. The third kappa shape index (κ3) is 4.73. The third-order valence-electron chi connectivity index (χ3n) is 4.27. The van der Waals surface area contributed by atoms with Crippen LogP contribution in [0.4, 0.5) is 0 Å². The third-order valence-corrected chi connectivity index (χ3v) is 6.58. The van der Waals surface area contributed by atoms with Crippen LogP contribution in [0, 0.1) is 12.3 Å². The summed E-state index contributed by atoms with van der Waals surface area (Å²) >= 11 is 2.58. The molecule has 3 aromatic rings. The first-order valence-electron chi connectivity index (χ1n) is 9.06. The number of rotatable bonds is 6. The summed E-state index contributed by atoms with van der Waals surface area (Å²) in [6.45, 7) is 7.45. The highest BCUT2D eigenvalue weighted by molar-refractivity contribution is 7.20. The van der Waals surface area contributed by atoms with Crippen molar-refractivity contribution < 1.29 is 19.1 Å². The molecule has 29 heavy (non-hydrogen) atoms. The minimum absolute atomic E-state index is 0.0542. The Labute approximate surface area is 176 Å². The van der Waals surface area contributed by atoms with Crippen molar-refractivity contribution in [3.63, 3.8) is 0 Å². The van der Waals surface area contributed by atoms with E-state index >= 15 is 0 Å². The number of Topliss-reactive ketones (excluding diaryl/α,β-unsaturated/α-hetero) is 1. The van der Waals surface area contributed by atoms with Crippen molar-refractivity contribution in [3.05, 3.63) is 38.5 Å². The molecule has 154 valence electrons. The molecular formula is C20H23N3O4S2. The van der Waals surface area contributed by atoms with Crippen LogP contribution in [0.1, 0.15) is 50.7 Å². The number of hydrogen-bond donors (Lipinski definition) is 1. The van der Waals surface area contributed by atoms with Crippen molar-refractivity contribution in [2.24, 2.45) is 12.5 Å². The fourth-order valence-electron chi connectivity index (χ4n) is 2.63. The summed E-state index contributed by atoms with van der Waals surface area (Å²) in [6.07, 6.45) is 0. The van der Waals surface area contributed by atoms with Gasteiger partial charge in [-0.05, 0) is 25.1 Å². The fraction of sp³-hybridized carbons (Fsp3) is 0.400. The first-order valence-corrected chi connectivity index (χ1v) is 10.7. The monoisotopic (exact) mass is 433 g/mol. The molecule has 0 radical (unpaired) electrons. The summed E-state index contributed by atoms with van der Waals surface area (Å²) in [6, 6.07) is 5.23. The molecule has 0 saturated carbocycles. The van der Waals surface area contributed by atoms with Crippen LogP contribution in [0.15, 0.2) is 18.2 Å². The molecule has 0 fully saturated rings. The predicted octanol–water partition coefficient (Wildman–Crippen LogP) is 3.71. The molecule has 0 bridgehead atoms. The lowest BCUT2D eigenvalue weighted by Gasteiger charge is -2.17. The number of aryl methyl sites for hydroxylation is 2. The number of hydrogen-bond acceptors (Lipinski definition) is 7. The van der Waals surface area contributed by atoms with Crippen molar-refractivity contribution in [2.75, 3.05) is 6.61 Å². The van der Waals surface area contributed by atoms with Gasteiger partial charge in [-0.2, -0.15) is 5.10 Å². The van der Waals surface area contributed by atoms with Crippen LogP contribution in [-0.2, 0) is 23.1 Å². The van der Waals surface area contributed by atoms with Gasteiger partial charge in [0.15, 0.2) is 6.61 Å². The second kappa shape index (κ2) is 8.08. The molecule has 0 aliphatic heterocycles. The van der Waals surface area contributed by atoms with Crippen molar-refractivity contribution in [1.82, 2.24) is 15.1 Å². The van der Waals surface area contributed by atoms with Gasteiger partial charge in [0.1, 0.15) is 9.71 Å². The number of ketones is 1. The lowest BCUT2D eigenvalue weighted by Crippen LogP contribution is -2.34. The van der Waals surface area contributed by atoms with Crippen LogP contribution in [0.25, 0.3) is 10.2 Å². The van der Waals surface area contributed by atoms with E-state index in [9.17, 15) is 14.4 Å². The number of thiophene rings is 2. The summed E-state index contributed by atoms with van der Waals surface area (Å²) < 4.78 is 6.93. The number of amides is 1. The Morgan fingerprint density at radius 2 is 1.90 bits per heavy atom. The van der Waals surface area contributed by atoms with Gasteiger partial charge in [0.25, 0.3) is 0 Å². The maximum atomic E-state index is 12.4. The van der Waals surface area contributed by atoms with E-state index in [1.807, 2.05) is 34.7 Å². The Kier molecular flexibility index (Phi) is 5.90. The summed E-state index contributed by atoms with van der Waals surface area (Å²) in [4.78, 5) is 39.3. The standard InChI is InChI=1S/C20H23N3O4S2/c1-11-13-8-16(29-17(13)23(5)22-11)18(25)27-10-14(24)15-7-6-12(28-15)9-21-19(26)20(2,3)4/h6-8H,9-10H2,1-5H3,(H,21,26). The number of fused-ring (bicyclic) bond motifs is 1. The molecule has 3 rings (SSSR count). The Bertz CT molecular complexity index is 1050. The molecule has 3 aromatic heterocycles. The lowest BCUT2D eigenvalue weighted by atomic mass is 9.96. The van der Waals surface area contributed by atoms with Crippen LogP contribution >= 0.6 is 22.7 Å². The molecule has 1 amide bonds. The van der Waals surface area contributed by atoms with Crippen LogP contribution in [0.2, 0.25) is 0 Å². The Morgan fingerprint density at radius 1 is 1.17 bits per heavy atom. The minimum atomic E-state index is -0.520. The highest BCUT2D eigenvalue weighted by Gasteiger charge is 2.21. The van der Waals surface area contributed by atoms with Gasteiger partial charge in [-0.1, -0.05) is 20.8 Å². The lowest BCUT2D eigenvalue weighted by molar-refractivity contribution is -0.128. The van der Waals surface area contributed by atoms with Gasteiger partial charge in [0, 0.05) is 22.7 Å². The van der Waals surface area contributed by atoms with Crippen molar-refractivity contribution in [3.8, 4) is 0 Å². The highest BCUT2D eigenvalue weighted by atomic mass is 32.1. The van der Waals surface area contributed by atoms with Gasteiger partial charge < -0.3 is 10.1 Å². The van der Waals surface area contributed by atoms with Crippen LogP contribution < -0.4 is 5.32 Å². The maximum absolute atomic E-state index is 12.4. The molecule has 0 aromatic carbocycles. The van der Waals surface area contributed by atoms with Crippen LogP contribution in [-0.4, -0.2) is 34.0 Å². The Hall–Kier alpha value is -2.52. The molecule has 0 saturated heterocycles. The molecular weight excluding hydrogens is 410 g/mol. The number of carbonyl (C=O) groups excluding carboxylic acids is 3. The second-order valence-electron chi connectivity index (χ2n) is 7.74. The van der Waals surface area contributed by atoms with E-state index in [4.69, 9.17) is 4.74 Å². The van der Waals surface area contributed by atoms with E-state index in [1.54, 1.807) is 22.9 Å². The van der Waals surface area contributed by atoms with E-state index in [2.05, 4.69) is 10.4 Å². The molecule has 3 heterocycles. The number of nitrogens with one attached hydrogen (secondary N) is 1. The van der Waals surface area contributed by atoms with Crippen molar-refractivity contribution in [2.45, 2.75) is 34.2 Å². The Morgan fingerprint density at radius 3 is 2.55 bits per heavy atom. The fourth-order valence-corrected chi connectivity index (χ4v) is 4.52. The van der Waals surface area contributed by atoms with Gasteiger partial charge in [0.2, 0.25) is 11.7 Å². The second-order valence-corrected chi connectivity index (χ2v) is 9.94. The predicted molar refractivity (Wildman–Crippen MR) is 114 cm³/mol. The average Bonchev–Trinajstić information content (AvgIpc) is 3.34. The molecule has 7 nitrogen and oxygen atoms in total. The molecule has 0 aliphatic rings. The highest BCUT2D eigenvalue weighted by Crippen LogP contribution is 2.28. The zero-order chi connectivity index (χ0) is 21.3. The minimum Gasteiger partial charge on any atom is -0.453 e. The quantitative estimate of drug-likeness (QED) is 0.473. The van der Waals surface area contributed by atoms with E-state index in [0.717, 1.165) is 20.8 Å². The zero-order valence-electron chi connectivity index (χ0n) is 17.0. The van der Waals surface area contributed by atoms with Gasteiger partial charge in [-0.25, -0.2) is 4.79 Å². The first-order chi connectivity index (χ1) is 13.6. The first kappa shape index (κ1) is 21.2. The number of ether oxygens (including phenoxy) is 1. The number of nitrogens with zero attached hydrogens (tertiary/aromatic N) is 2. The van der Waals surface area contributed by atoms with Crippen LogP contribution in [0.3, 0.4) is 0 Å². The summed E-state index contributed by atoms with van der Waals surface area (Å²) in [5.74, 6) is -0.842. The number of carbonyl (C=O) groups is 3. The molecule has 0 spiro atoms. The van der Waals surface area contributed by atoms with Crippen molar-refractivity contribution >= 4 is 50.5 Å². The summed E-state index contributed by atoms with van der Waals surface area (Å²) in [7, 11) is 1.82. The van der Waals surface area contributed by atoms with Gasteiger partial charge >= 0.3 is 5.97 Å².